The maximum Gasteiger partial charge on any atom is 0.240 e. The van der Waals surface area contributed by atoms with Gasteiger partial charge in [0.25, 0.3) is 0 Å². The van der Waals surface area contributed by atoms with E-state index in [0.29, 0.717) is 12.5 Å². The fraction of sp³-hybridized carbons (Fsp3) is 0.846. The lowest BCUT2D eigenvalue weighted by Crippen LogP contribution is -2.51. The van der Waals surface area contributed by atoms with Crippen molar-refractivity contribution in [1.29, 1.82) is 0 Å². The second kappa shape index (κ2) is 6.73. The van der Waals surface area contributed by atoms with Crippen molar-refractivity contribution in [3.05, 3.63) is 0 Å². The van der Waals surface area contributed by atoms with Crippen LogP contribution in [0, 0.1) is 11.3 Å². The van der Waals surface area contributed by atoms with E-state index in [1.165, 1.54) is 4.90 Å². The van der Waals surface area contributed by atoms with Crippen molar-refractivity contribution in [1.82, 2.24) is 10.2 Å². The van der Waals surface area contributed by atoms with Gasteiger partial charge in [-0.05, 0) is 11.3 Å². The molecule has 1 atom stereocenters. The van der Waals surface area contributed by atoms with Crippen molar-refractivity contribution in [2.75, 3.05) is 20.1 Å². The molecule has 0 aliphatic rings. The molecule has 0 spiro atoms. The van der Waals surface area contributed by atoms with Crippen LogP contribution in [-0.2, 0) is 9.59 Å². The number of nitrogens with one attached hydrogen (secondary N) is 1. The van der Waals surface area contributed by atoms with E-state index in [1.807, 2.05) is 34.6 Å². The Labute approximate surface area is 110 Å². The van der Waals surface area contributed by atoms with Gasteiger partial charge in [0.05, 0.1) is 12.6 Å². The summed E-state index contributed by atoms with van der Waals surface area (Å²) >= 11 is 0. The van der Waals surface area contributed by atoms with Crippen molar-refractivity contribution in [2.45, 2.75) is 40.7 Å². The van der Waals surface area contributed by atoms with Gasteiger partial charge in [-0.2, -0.15) is 0 Å². The maximum atomic E-state index is 12.0. The molecule has 3 N–H and O–H groups in total. The van der Waals surface area contributed by atoms with E-state index >= 15 is 0 Å². The molecule has 0 saturated heterocycles. The van der Waals surface area contributed by atoms with Gasteiger partial charge in [0.2, 0.25) is 11.8 Å². The molecule has 0 aliphatic heterocycles. The Morgan fingerprint density at radius 2 is 1.78 bits per heavy atom. The molecule has 106 valence electrons. The van der Waals surface area contributed by atoms with Crippen LogP contribution < -0.4 is 11.1 Å². The van der Waals surface area contributed by atoms with Gasteiger partial charge in [0.15, 0.2) is 0 Å². The summed E-state index contributed by atoms with van der Waals surface area (Å²) in [5.41, 5.74) is 5.56. The Balaban J connectivity index is 4.28. The van der Waals surface area contributed by atoms with Crippen LogP contribution in [0.1, 0.15) is 34.6 Å². The zero-order valence-electron chi connectivity index (χ0n) is 12.4. The molecule has 0 fully saturated rings. The number of rotatable bonds is 5. The maximum absolute atomic E-state index is 12.0. The van der Waals surface area contributed by atoms with Crippen LogP contribution in [0.15, 0.2) is 0 Å². The number of hydrogen-bond donors (Lipinski definition) is 2. The lowest BCUT2D eigenvalue weighted by atomic mass is 9.86. The minimum atomic E-state index is -0.597. The normalized spacial score (nSPS) is 13.3. The van der Waals surface area contributed by atoms with Crippen LogP contribution in [-0.4, -0.2) is 42.9 Å². The van der Waals surface area contributed by atoms with Gasteiger partial charge in [-0.1, -0.05) is 34.6 Å². The van der Waals surface area contributed by atoms with Gasteiger partial charge < -0.3 is 16.0 Å². The first-order chi connectivity index (χ1) is 8.05. The molecule has 0 rings (SSSR count). The van der Waals surface area contributed by atoms with Gasteiger partial charge in [0.1, 0.15) is 0 Å². The molecule has 2 amide bonds. The predicted octanol–water partition coefficient (Wildman–Crippen LogP) is 0.590. The van der Waals surface area contributed by atoms with Crippen LogP contribution in [0.2, 0.25) is 0 Å². The lowest BCUT2D eigenvalue weighted by molar-refractivity contribution is -0.137. The van der Waals surface area contributed by atoms with Gasteiger partial charge >= 0.3 is 0 Å². The first kappa shape index (κ1) is 16.9. The molecule has 0 heterocycles. The summed E-state index contributed by atoms with van der Waals surface area (Å²) in [5.74, 6) is 0.0367. The van der Waals surface area contributed by atoms with Crippen LogP contribution in [0.5, 0.6) is 0 Å². The minimum Gasteiger partial charge on any atom is -0.354 e. The monoisotopic (exact) mass is 257 g/mol. The second-order valence-corrected chi connectivity index (χ2v) is 6.24. The summed E-state index contributed by atoms with van der Waals surface area (Å²) in [6.07, 6.45) is 0. The Morgan fingerprint density at radius 3 is 2.17 bits per heavy atom. The molecule has 0 saturated carbocycles. The van der Waals surface area contributed by atoms with Crippen molar-refractivity contribution in [2.24, 2.45) is 17.1 Å². The predicted molar refractivity (Wildman–Crippen MR) is 72.9 cm³/mol. The fourth-order valence-corrected chi connectivity index (χ4v) is 1.28. The van der Waals surface area contributed by atoms with Crippen molar-refractivity contribution in [3.63, 3.8) is 0 Å². The number of carbonyl (C=O) groups is 2. The summed E-state index contributed by atoms with van der Waals surface area (Å²) < 4.78 is 0. The number of likely N-dealkylation sites (N-methyl/N-ethyl adjacent to an activating group) is 1. The summed E-state index contributed by atoms with van der Waals surface area (Å²) in [6, 6.07) is -0.597. The van der Waals surface area contributed by atoms with Crippen molar-refractivity contribution in [3.8, 4) is 0 Å². The molecule has 1 unspecified atom stereocenters. The smallest absolute Gasteiger partial charge is 0.240 e. The largest absolute Gasteiger partial charge is 0.354 e. The number of hydrogen-bond acceptors (Lipinski definition) is 3. The van der Waals surface area contributed by atoms with E-state index in [2.05, 4.69) is 5.32 Å². The highest BCUT2D eigenvalue weighted by molar-refractivity contribution is 5.87. The molecule has 0 bridgehead atoms. The summed E-state index contributed by atoms with van der Waals surface area (Å²) in [7, 11) is 1.60. The van der Waals surface area contributed by atoms with Crippen molar-refractivity contribution >= 4 is 11.8 Å². The summed E-state index contributed by atoms with van der Waals surface area (Å²) in [5, 5.41) is 2.77. The zero-order chi connectivity index (χ0) is 14.5. The van der Waals surface area contributed by atoms with E-state index in [-0.39, 0.29) is 23.8 Å². The van der Waals surface area contributed by atoms with Crippen LogP contribution in [0.3, 0.4) is 0 Å². The van der Waals surface area contributed by atoms with E-state index in [9.17, 15) is 9.59 Å². The van der Waals surface area contributed by atoms with E-state index < -0.39 is 6.04 Å². The van der Waals surface area contributed by atoms with E-state index in [4.69, 9.17) is 5.73 Å². The molecule has 0 radical (unpaired) electrons. The molecule has 0 aromatic rings. The third-order valence-electron chi connectivity index (χ3n) is 2.66. The summed E-state index contributed by atoms with van der Waals surface area (Å²) in [6.45, 7) is 10.4. The third kappa shape index (κ3) is 6.00. The molecular formula is C13H27N3O2. The Hall–Kier alpha value is -1.10. The van der Waals surface area contributed by atoms with Gasteiger partial charge in [-0.3, -0.25) is 9.59 Å². The molecule has 0 aliphatic carbocycles. The van der Waals surface area contributed by atoms with E-state index in [1.54, 1.807) is 7.05 Å². The minimum absolute atomic E-state index is 0.0509. The molecule has 0 aromatic carbocycles. The van der Waals surface area contributed by atoms with Gasteiger partial charge in [-0.15, -0.1) is 0 Å². The van der Waals surface area contributed by atoms with Crippen molar-refractivity contribution < 1.29 is 9.59 Å². The number of amides is 2. The molecule has 5 heteroatoms. The molecule has 0 aromatic heterocycles. The lowest BCUT2D eigenvalue weighted by Gasteiger charge is -2.29. The topological polar surface area (TPSA) is 75.4 Å². The van der Waals surface area contributed by atoms with Crippen LogP contribution in [0.25, 0.3) is 0 Å². The van der Waals surface area contributed by atoms with Gasteiger partial charge in [-0.25, -0.2) is 0 Å². The Morgan fingerprint density at radius 1 is 1.28 bits per heavy atom. The quantitative estimate of drug-likeness (QED) is 0.757. The fourth-order valence-electron chi connectivity index (χ4n) is 1.28. The highest BCUT2D eigenvalue weighted by Gasteiger charge is 2.30. The molecule has 5 nitrogen and oxygen atoms in total. The number of carbonyl (C=O) groups excluding carboxylic acids is 2. The SMILES string of the molecule is CC(C)CNC(=O)CN(C)C(=O)C(N)C(C)(C)C. The first-order valence-corrected chi connectivity index (χ1v) is 6.33. The molecular weight excluding hydrogens is 230 g/mol. The summed E-state index contributed by atoms with van der Waals surface area (Å²) in [4.78, 5) is 25.0. The van der Waals surface area contributed by atoms with Crippen LogP contribution in [0.4, 0.5) is 0 Å². The molecule has 18 heavy (non-hydrogen) atoms. The number of nitrogens with two attached hydrogens (primary N) is 1. The zero-order valence-corrected chi connectivity index (χ0v) is 12.4. The average Bonchev–Trinajstić information content (AvgIpc) is 2.22. The Kier molecular flexibility index (Phi) is 6.32. The second-order valence-electron chi connectivity index (χ2n) is 6.24. The standard InChI is InChI=1S/C13H27N3O2/c1-9(2)7-15-10(17)8-16(6)12(18)11(14)13(3,4)5/h9,11H,7-8,14H2,1-6H3,(H,15,17). The Bertz CT molecular complexity index is 295. The first-order valence-electron chi connectivity index (χ1n) is 6.33. The highest BCUT2D eigenvalue weighted by Crippen LogP contribution is 2.18. The highest BCUT2D eigenvalue weighted by atomic mass is 16.2. The number of nitrogens with zero attached hydrogens (tertiary/aromatic N) is 1. The van der Waals surface area contributed by atoms with E-state index in [0.717, 1.165) is 0 Å². The van der Waals surface area contributed by atoms with Crippen LogP contribution >= 0.6 is 0 Å². The van der Waals surface area contributed by atoms with Gasteiger partial charge in [0, 0.05) is 13.6 Å². The average molecular weight is 257 g/mol. The third-order valence-corrected chi connectivity index (χ3v) is 2.66.